The standard InChI is InChI=1S/C42H82N4O4.C34H54N4O4/c1-3-5-7-9-11-13-15-17-19-21-23-25-27-30-40(48)43-33-36-46(38-35-45-42(50)32-29-39-47)37-34-44-41(49)31-28-26-24-22-20-18-16-14-12-10-8-6-4-2;39-9-1-2-30(40)35-3-6-38(7-4-36-31(41)22-33-16-24-10-25(17-33)12-26(11-24)18-33)8-5-37-32(42)23-34-19-27-13-28(20-34)15-29(14-27)21-34/h39H,3-38H2,1-2H3,(H,43,48)(H,44,49)(H,45,50);9,24-29H,1-8,10-23H2,(H,35,40)(H,36,41)(H,37,42). The number of hydrogen-bond donors (Lipinski definition) is 6. The second-order valence-corrected chi connectivity index (χ2v) is 30.4. The molecule has 8 bridgehead atoms. The van der Waals surface area contributed by atoms with Crippen LogP contribution >= 0.6 is 0 Å². The topological polar surface area (TPSA) is 215 Å². The summed E-state index contributed by atoms with van der Waals surface area (Å²) in [5.41, 5.74) is 0.483. The third-order valence-corrected chi connectivity index (χ3v) is 21.9. The van der Waals surface area contributed by atoms with Gasteiger partial charge in [-0.15, -0.1) is 0 Å². The van der Waals surface area contributed by atoms with Gasteiger partial charge in [-0.2, -0.15) is 0 Å². The Balaban J connectivity index is 0.000000337. The summed E-state index contributed by atoms with van der Waals surface area (Å²) < 4.78 is 0. The normalized spacial score (nSPS) is 23.0. The van der Waals surface area contributed by atoms with E-state index in [1.807, 2.05) is 0 Å². The maximum Gasteiger partial charge on any atom is 0.220 e. The van der Waals surface area contributed by atoms with Gasteiger partial charge in [-0.3, -0.25) is 38.6 Å². The Kier molecular flexibility index (Phi) is 41.0. The first kappa shape index (κ1) is 78.8. The summed E-state index contributed by atoms with van der Waals surface area (Å²) in [7, 11) is 0. The second kappa shape index (κ2) is 47.9. The van der Waals surface area contributed by atoms with Gasteiger partial charge in [0.25, 0.3) is 0 Å². The van der Waals surface area contributed by atoms with Crippen molar-refractivity contribution >= 4 is 48.0 Å². The van der Waals surface area contributed by atoms with Crippen molar-refractivity contribution in [1.82, 2.24) is 41.7 Å². The highest BCUT2D eigenvalue weighted by Gasteiger charge is 2.52. The molecule has 16 heteroatoms. The molecular weight excluding hydrogens is 1150 g/mol. The molecule has 8 rings (SSSR count). The van der Waals surface area contributed by atoms with Crippen molar-refractivity contribution in [2.45, 2.75) is 309 Å². The average molecular weight is 1290 g/mol. The largest absolute Gasteiger partial charge is 0.355 e. The van der Waals surface area contributed by atoms with E-state index in [4.69, 9.17) is 0 Å². The predicted octanol–water partition coefficient (Wildman–Crippen LogP) is 13.4. The summed E-state index contributed by atoms with van der Waals surface area (Å²) in [6, 6.07) is 0. The maximum absolute atomic E-state index is 13.0. The highest BCUT2D eigenvalue weighted by molar-refractivity contribution is 5.79. The molecule has 0 heterocycles. The van der Waals surface area contributed by atoms with Crippen molar-refractivity contribution < 1.29 is 38.4 Å². The van der Waals surface area contributed by atoms with E-state index in [0.29, 0.717) is 104 Å². The van der Waals surface area contributed by atoms with Crippen LogP contribution in [0.5, 0.6) is 0 Å². The summed E-state index contributed by atoms with van der Waals surface area (Å²) >= 11 is 0. The van der Waals surface area contributed by atoms with Crippen molar-refractivity contribution in [1.29, 1.82) is 0 Å². The number of rotatable bonds is 56. The van der Waals surface area contributed by atoms with Crippen molar-refractivity contribution in [2.24, 2.45) is 46.3 Å². The summed E-state index contributed by atoms with van der Waals surface area (Å²) in [6.07, 6.45) is 54.3. The lowest BCUT2D eigenvalue weighted by Crippen LogP contribution is -2.49. The average Bonchev–Trinajstić information content (AvgIpc) is 0.774. The number of unbranched alkanes of at least 4 members (excludes halogenated alkanes) is 24. The minimum absolute atomic E-state index is 0.0984. The van der Waals surface area contributed by atoms with Crippen LogP contribution in [0, 0.1) is 46.3 Å². The van der Waals surface area contributed by atoms with Crippen LogP contribution in [0.2, 0.25) is 0 Å². The molecule has 92 heavy (non-hydrogen) atoms. The Morgan fingerprint density at radius 1 is 0.304 bits per heavy atom. The molecule has 528 valence electrons. The predicted molar refractivity (Wildman–Crippen MR) is 373 cm³/mol. The van der Waals surface area contributed by atoms with Crippen LogP contribution in [0.4, 0.5) is 0 Å². The molecule has 0 atom stereocenters. The first-order chi connectivity index (χ1) is 44.8. The minimum Gasteiger partial charge on any atom is -0.355 e. The summed E-state index contributed by atoms with van der Waals surface area (Å²) in [5.74, 6) is 5.40. The monoisotopic (exact) mass is 1290 g/mol. The van der Waals surface area contributed by atoms with Gasteiger partial charge in [0.05, 0.1) is 0 Å². The quantitative estimate of drug-likeness (QED) is 0.0250. The van der Waals surface area contributed by atoms with Gasteiger partial charge in [-0.05, 0) is 136 Å². The molecule has 0 aromatic rings. The van der Waals surface area contributed by atoms with Gasteiger partial charge in [-0.25, -0.2) is 0 Å². The zero-order chi connectivity index (χ0) is 65.8. The molecule has 0 aliphatic heterocycles. The maximum atomic E-state index is 13.0. The van der Waals surface area contributed by atoms with Gasteiger partial charge >= 0.3 is 0 Å². The van der Waals surface area contributed by atoms with Crippen LogP contribution in [-0.2, 0) is 38.4 Å². The van der Waals surface area contributed by atoms with Crippen LogP contribution in [0.15, 0.2) is 0 Å². The fourth-order valence-corrected chi connectivity index (χ4v) is 18.0. The molecule has 16 nitrogen and oxygen atoms in total. The van der Waals surface area contributed by atoms with Crippen molar-refractivity contribution in [3.63, 3.8) is 0 Å². The Bertz CT molecular complexity index is 1890. The molecule has 0 saturated heterocycles. The SMILES string of the molecule is CCCCCCCCCCCCCCCC(=O)NCCN(CCNC(=O)CCC=O)CCNC(=O)CCCCCCCCCCCCCCC.O=CCCC(=O)NCCN(CCNC(=O)CC12CC3CC(CC(C3)C1)C2)CCNC(=O)CC12CC3CC(CC(C3)C1)C2. The fourth-order valence-electron chi connectivity index (χ4n) is 18.0. The molecule has 8 aliphatic rings. The molecule has 6 amide bonds. The molecule has 8 saturated carbocycles. The van der Waals surface area contributed by atoms with Crippen molar-refractivity contribution in [2.75, 3.05) is 78.5 Å². The van der Waals surface area contributed by atoms with Crippen LogP contribution in [0.1, 0.15) is 309 Å². The highest BCUT2D eigenvalue weighted by Crippen LogP contribution is 2.62. The van der Waals surface area contributed by atoms with E-state index in [0.717, 1.165) is 73.8 Å². The van der Waals surface area contributed by atoms with Crippen molar-refractivity contribution in [3.8, 4) is 0 Å². The van der Waals surface area contributed by atoms with E-state index < -0.39 is 0 Å². The molecule has 0 unspecified atom stereocenters. The lowest BCUT2D eigenvalue weighted by molar-refractivity contribution is -0.130. The zero-order valence-corrected chi connectivity index (χ0v) is 58.8. The first-order valence-corrected chi connectivity index (χ1v) is 38.7. The van der Waals surface area contributed by atoms with Crippen LogP contribution in [0.3, 0.4) is 0 Å². The lowest BCUT2D eigenvalue weighted by atomic mass is 9.49. The number of carbonyl (C=O) groups is 8. The van der Waals surface area contributed by atoms with Crippen LogP contribution < -0.4 is 31.9 Å². The van der Waals surface area contributed by atoms with E-state index in [2.05, 4.69) is 55.5 Å². The molecule has 0 aromatic heterocycles. The fraction of sp³-hybridized carbons (Fsp3) is 0.895. The number of nitrogens with one attached hydrogen (secondary N) is 6. The number of aldehydes is 2. The second-order valence-electron chi connectivity index (χ2n) is 30.4. The van der Waals surface area contributed by atoms with Gasteiger partial charge in [-0.1, -0.05) is 168 Å². The Hall–Kier alpha value is -3.92. The van der Waals surface area contributed by atoms with E-state index in [-0.39, 0.29) is 72.0 Å². The number of amides is 6. The van der Waals surface area contributed by atoms with Crippen LogP contribution in [0.25, 0.3) is 0 Å². The molecule has 8 fully saturated rings. The van der Waals surface area contributed by atoms with Crippen LogP contribution in [-0.4, -0.2) is 136 Å². The highest BCUT2D eigenvalue weighted by atomic mass is 16.2. The molecule has 0 spiro atoms. The van der Waals surface area contributed by atoms with Gasteiger partial charge in [0, 0.05) is 130 Å². The Labute approximate surface area is 559 Å². The zero-order valence-electron chi connectivity index (χ0n) is 58.8. The first-order valence-electron chi connectivity index (χ1n) is 38.7. The summed E-state index contributed by atoms with van der Waals surface area (Å²) in [6.45, 7) is 11.7. The van der Waals surface area contributed by atoms with Gasteiger partial charge in [0.2, 0.25) is 35.4 Å². The Morgan fingerprint density at radius 2 is 0.511 bits per heavy atom. The third-order valence-electron chi connectivity index (χ3n) is 21.9. The summed E-state index contributed by atoms with van der Waals surface area (Å²) in [5, 5.41) is 18.3. The van der Waals surface area contributed by atoms with Gasteiger partial charge in [0.1, 0.15) is 12.6 Å². The summed E-state index contributed by atoms with van der Waals surface area (Å²) in [4.78, 5) is 100. The van der Waals surface area contributed by atoms with E-state index in [1.54, 1.807) is 0 Å². The van der Waals surface area contributed by atoms with Gasteiger partial charge < -0.3 is 41.5 Å². The molecule has 8 aliphatic carbocycles. The number of carbonyl (C=O) groups excluding carboxylic acids is 8. The van der Waals surface area contributed by atoms with E-state index in [1.165, 1.54) is 218 Å². The number of nitrogens with zero attached hydrogens (tertiary/aromatic N) is 2. The van der Waals surface area contributed by atoms with Crippen molar-refractivity contribution in [3.05, 3.63) is 0 Å². The van der Waals surface area contributed by atoms with E-state index >= 15 is 0 Å². The molecular formula is C76H136N8O8. The smallest absolute Gasteiger partial charge is 0.220 e. The third kappa shape index (κ3) is 34.7. The molecule has 6 N–H and O–H groups in total. The minimum atomic E-state index is -0.130. The molecule has 0 radical (unpaired) electrons. The molecule has 0 aromatic carbocycles. The van der Waals surface area contributed by atoms with Gasteiger partial charge in [0.15, 0.2) is 0 Å². The number of hydrogen-bond acceptors (Lipinski definition) is 10. The van der Waals surface area contributed by atoms with E-state index in [9.17, 15) is 38.4 Å². The lowest BCUT2D eigenvalue weighted by Gasteiger charge is -2.56. The Morgan fingerprint density at radius 3 is 0.739 bits per heavy atom.